The molecular formula is C21H37NO5. The molecule has 1 saturated heterocycles. The molecule has 1 fully saturated rings. The highest BCUT2D eigenvalue weighted by Crippen LogP contribution is 2.30. The van der Waals surface area contributed by atoms with Crippen LogP contribution in [0.25, 0.3) is 0 Å². The number of amides is 1. The van der Waals surface area contributed by atoms with Crippen molar-refractivity contribution >= 4 is 18.3 Å². The fourth-order valence-electron chi connectivity index (χ4n) is 3.56. The molecule has 1 N–H and O–H groups in total. The van der Waals surface area contributed by atoms with Crippen LogP contribution < -0.4 is 5.32 Å². The van der Waals surface area contributed by atoms with Crippen molar-refractivity contribution in [2.24, 2.45) is 5.92 Å². The number of carbonyl (C=O) groups is 3. The van der Waals surface area contributed by atoms with Crippen molar-refractivity contribution < 1.29 is 23.9 Å². The first-order chi connectivity index (χ1) is 13.1. The third-order valence-corrected chi connectivity index (χ3v) is 5.21. The smallest absolute Gasteiger partial charge is 0.325 e. The Bertz CT molecular complexity index is 440. The molecule has 1 aliphatic heterocycles. The van der Waals surface area contributed by atoms with Crippen LogP contribution >= 0.6 is 0 Å². The molecule has 1 aliphatic rings. The van der Waals surface area contributed by atoms with Gasteiger partial charge in [0, 0.05) is 6.42 Å². The summed E-state index contributed by atoms with van der Waals surface area (Å²) >= 11 is 0. The van der Waals surface area contributed by atoms with Gasteiger partial charge in [0.2, 0.25) is 6.41 Å². The lowest BCUT2D eigenvalue weighted by Gasteiger charge is -2.36. The quantitative estimate of drug-likeness (QED) is 0.234. The van der Waals surface area contributed by atoms with Gasteiger partial charge in [-0.2, -0.15) is 0 Å². The second-order valence-electron chi connectivity index (χ2n) is 7.45. The minimum absolute atomic E-state index is 0.0811. The Labute approximate surface area is 163 Å². The van der Waals surface area contributed by atoms with Crippen molar-refractivity contribution in [3.63, 3.8) is 0 Å². The topological polar surface area (TPSA) is 81.7 Å². The molecule has 27 heavy (non-hydrogen) atoms. The van der Waals surface area contributed by atoms with E-state index in [9.17, 15) is 14.4 Å². The Morgan fingerprint density at radius 3 is 2.30 bits per heavy atom. The molecule has 0 aromatic heterocycles. The van der Waals surface area contributed by atoms with Crippen LogP contribution in [0.15, 0.2) is 0 Å². The second-order valence-corrected chi connectivity index (χ2v) is 7.45. The van der Waals surface area contributed by atoms with Crippen LogP contribution in [0.5, 0.6) is 0 Å². The van der Waals surface area contributed by atoms with Gasteiger partial charge >= 0.3 is 11.9 Å². The number of hydrogen-bond acceptors (Lipinski definition) is 5. The van der Waals surface area contributed by atoms with Gasteiger partial charge in [-0.15, -0.1) is 0 Å². The lowest BCUT2D eigenvalue weighted by Crippen LogP contribution is -2.47. The van der Waals surface area contributed by atoms with Gasteiger partial charge in [0.05, 0.1) is 5.92 Å². The highest BCUT2D eigenvalue weighted by molar-refractivity contribution is 5.78. The minimum Gasteiger partial charge on any atom is -0.461 e. The summed E-state index contributed by atoms with van der Waals surface area (Å²) in [5.74, 6) is -0.678. The van der Waals surface area contributed by atoms with Gasteiger partial charge in [-0.1, -0.05) is 65.2 Å². The van der Waals surface area contributed by atoms with Crippen LogP contribution in [0.4, 0.5) is 0 Å². The van der Waals surface area contributed by atoms with Crippen molar-refractivity contribution in [2.45, 2.75) is 103 Å². The van der Waals surface area contributed by atoms with E-state index < -0.39 is 5.97 Å². The number of carbonyl (C=O) groups excluding carboxylic acids is 3. The zero-order valence-corrected chi connectivity index (χ0v) is 17.0. The Morgan fingerprint density at radius 2 is 1.74 bits per heavy atom. The fourth-order valence-corrected chi connectivity index (χ4v) is 3.56. The number of ether oxygens (including phenoxy) is 2. The lowest BCUT2D eigenvalue weighted by molar-refractivity contribution is -0.189. The van der Waals surface area contributed by atoms with Gasteiger partial charge < -0.3 is 14.8 Å². The number of nitrogens with one attached hydrogen (secondary N) is 1. The largest absolute Gasteiger partial charge is 0.461 e. The van der Waals surface area contributed by atoms with Gasteiger partial charge in [-0.25, -0.2) is 0 Å². The summed E-state index contributed by atoms with van der Waals surface area (Å²) < 4.78 is 10.7. The summed E-state index contributed by atoms with van der Waals surface area (Å²) in [6.07, 6.45) is 13.3. The van der Waals surface area contributed by atoms with Crippen LogP contribution in [0, 0.1) is 5.92 Å². The van der Waals surface area contributed by atoms with Crippen LogP contribution in [0.2, 0.25) is 0 Å². The van der Waals surface area contributed by atoms with E-state index in [1.54, 1.807) is 0 Å². The number of rotatable bonds is 17. The summed E-state index contributed by atoms with van der Waals surface area (Å²) in [7, 11) is 0. The molecule has 0 bridgehead atoms. The Kier molecular flexibility index (Phi) is 12.6. The molecule has 0 saturated carbocycles. The monoisotopic (exact) mass is 383 g/mol. The van der Waals surface area contributed by atoms with E-state index >= 15 is 0 Å². The molecule has 0 unspecified atom stereocenters. The predicted molar refractivity (Wildman–Crippen MR) is 104 cm³/mol. The summed E-state index contributed by atoms with van der Waals surface area (Å²) in [5.41, 5.74) is 0. The van der Waals surface area contributed by atoms with Gasteiger partial charge in [0.15, 0.2) is 0 Å². The molecule has 156 valence electrons. The van der Waals surface area contributed by atoms with Crippen LogP contribution in [0.3, 0.4) is 0 Å². The van der Waals surface area contributed by atoms with E-state index in [-0.39, 0.29) is 30.6 Å². The average Bonchev–Trinajstić information content (AvgIpc) is 2.64. The van der Waals surface area contributed by atoms with Crippen LogP contribution in [-0.4, -0.2) is 37.1 Å². The van der Waals surface area contributed by atoms with Gasteiger partial charge in [0.25, 0.3) is 0 Å². The molecule has 1 amide bonds. The first kappa shape index (κ1) is 23.4. The molecule has 0 aromatic carbocycles. The van der Waals surface area contributed by atoms with E-state index in [1.165, 1.54) is 44.9 Å². The molecule has 0 radical (unpaired) electrons. The summed E-state index contributed by atoms with van der Waals surface area (Å²) in [4.78, 5) is 33.6. The zero-order chi connectivity index (χ0) is 19.9. The molecular weight excluding hydrogens is 346 g/mol. The molecule has 0 spiro atoms. The van der Waals surface area contributed by atoms with Crippen molar-refractivity contribution in [2.75, 3.05) is 6.54 Å². The maximum Gasteiger partial charge on any atom is 0.325 e. The van der Waals surface area contributed by atoms with Crippen molar-refractivity contribution in [1.29, 1.82) is 0 Å². The minimum atomic E-state index is -0.443. The van der Waals surface area contributed by atoms with Gasteiger partial charge in [-0.3, -0.25) is 14.4 Å². The standard InChI is InChI=1S/C21H37NO5/c1-3-5-6-7-8-9-10-11-12-13-17(26-20(24)15-22-16-23)14-19-18(4-2)21(25)27-19/h16-19H,3-15H2,1-2H3,(H,22,23)/t17-,18+,19+/m1/s1. The molecule has 3 atom stereocenters. The first-order valence-electron chi connectivity index (χ1n) is 10.7. The van der Waals surface area contributed by atoms with Crippen molar-refractivity contribution in [1.82, 2.24) is 5.32 Å². The maximum absolute atomic E-state index is 11.8. The van der Waals surface area contributed by atoms with E-state index in [4.69, 9.17) is 9.47 Å². The average molecular weight is 384 g/mol. The third kappa shape index (κ3) is 9.78. The summed E-state index contributed by atoms with van der Waals surface area (Å²) in [5, 5.41) is 2.33. The fraction of sp³-hybridized carbons (Fsp3) is 0.857. The van der Waals surface area contributed by atoms with Gasteiger partial charge in [0.1, 0.15) is 18.8 Å². The van der Waals surface area contributed by atoms with Crippen LogP contribution in [-0.2, 0) is 23.9 Å². The summed E-state index contributed by atoms with van der Waals surface area (Å²) in [6, 6.07) is 0. The predicted octanol–water partition coefficient (Wildman–Crippen LogP) is 3.91. The molecule has 6 nitrogen and oxygen atoms in total. The molecule has 1 rings (SSSR count). The van der Waals surface area contributed by atoms with Gasteiger partial charge in [-0.05, 0) is 19.3 Å². The Hall–Kier alpha value is -1.59. The third-order valence-electron chi connectivity index (χ3n) is 5.21. The molecule has 6 heteroatoms. The number of esters is 2. The van der Waals surface area contributed by atoms with Crippen molar-refractivity contribution in [3.8, 4) is 0 Å². The number of unbranched alkanes of at least 4 members (excludes halogenated alkanes) is 8. The summed E-state index contributed by atoms with van der Waals surface area (Å²) in [6.45, 7) is 4.07. The van der Waals surface area contributed by atoms with Crippen LogP contribution in [0.1, 0.15) is 90.9 Å². The van der Waals surface area contributed by atoms with E-state index in [2.05, 4.69) is 12.2 Å². The highest BCUT2D eigenvalue weighted by atomic mass is 16.6. The SMILES string of the molecule is CCCCCCCCCCC[C@H](C[C@@H]1OC(=O)[C@H]1CC)OC(=O)CNC=O. The second kappa shape index (κ2) is 14.5. The Balaban J connectivity index is 2.28. The van der Waals surface area contributed by atoms with Crippen molar-refractivity contribution in [3.05, 3.63) is 0 Å². The van der Waals surface area contributed by atoms with E-state index in [1.807, 2.05) is 6.92 Å². The molecule has 1 heterocycles. The number of hydrogen-bond donors (Lipinski definition) is 1. The highest BCUT2D eigenvalue weighted by Gasteiger charge is 2.42. The zero-order valence-electron chi connectivity index (χ0n) is 17.0. The number of cyclic esters (lactones) is 1. The Morgan fingerprint density at radius 1 is 1.11 bits per heavy atom. The molecule has 0 aliphatic carbocycles. The normalized spacial score (nSPS) is 19.7. The maximum atomic E-state index is 11.8. The molecule has 0 aromatic rings. The van der Waals surface area contributed by atoms with E-state index in [0.717, 1.165) is 25.7 Å². The lowest BCUT2D eigenvalue weighted by atomic mass is 9.89. The first-order valence-corrected chi connectivity index (χ1v) is 10.7. The van der Waals surface area contributed by atoms with E-state index in [0.29, 0.717) is 12.8 Å².